The lowest BCUT2D eigenvalue weighted by atomic mass is 10.5. The maximum atomic E-state index is 11.5. The third-order valence-electron chi connectivity index (χ3n) is 3.84. The van der Waals surface area contributed by atoms with Gasteiger partial charge in [-0.1, -0.05) is 0 Å². The Morgan fingerprint density at radius 3 is 2.79 bits per heavy atom. The van der Waals surface area contributed by atoms with Crippen molar-refractivity contribution in [3.05, 3.63) is 0 Å². The van der Waals surface area contributed by atoms with Crippen LogP contribution in [0.15, 0.2) is 4.99 Å². The van der Waals surface area contributed by atoms with Gasteiger partial charge in [0.2, 0.25) is 5.91 Å². The summed E-state index contributed by atoms with van der Waals surface area (Å²) < 4.78 is 5.64. The summed E-state index contributed by atoms with van der Waals surface area (Å²) in [6, 6.07) is -0.336. The van der Waals surface area contributed by atoms with E-state index in [-0.39, 0.29) is 42.5 Å². The molecule has 1 heterocycles. The van der Waals surface area contributed by atoms with E-state index in [1.54, 1.807) is 0 Å². The molecule has 1 saturated heterocycles. The Kier molecular flexibility index (Phi) is 9.34. The van der Waals surface area contributed by atoms with Gasteiger partial charge in [-0.25, -0.2) is 4.79 Å². The number of carbonyl (C=O) groups is 2. The summed E-state index contributed by atoms with van der Waals surface area (Å²) in [6.07, 6.45) is 2.59. The molecule has 0 radical (unpaired) electrons. The Bertz CT molecular complexity index is 440. The van der Waals surface area contributed by atoms with E-state index in [9.17, 15) is 9.59 Å². The molecular weight excluding hydrogens is 425 g/mol. The number of guanidine groups is 1. The predicted octanol–water partition coefficient (Wildman–Crippen LogP) is 0.480. The lowest BCUT2D eigenvalue weighted by Gasteiger charge is -2.22. The molecule has 24 heavy (non-hydrogen) atoms. The maximum absolute atomic E-state index is 11.5. The summed E-state index contributed by atoms with van der Waals surface area (Å²) in [5.41, 5.74) is 0. The zero-order chi connectivity index (χ0) is 16.7. The number of nitrogens with one attached hydrogen (secondary N) is 2. The second kappa shape index (κ2) is 10.7. The standard InChI is InChI=1S/C15H27N5O3.HI/c1-3-16-14(19(2)8-9-23-11-12-4-5-12)17-6-7-20-13(21)10-18-15(20)22;/h12H,3-11H2,1-2H3,(H,16,17)(H,18,22);1H. The van der Waals surface area contributed by atoms with Gasteiger partial charge in [-0.05, 0) is 25.7 Å². The van der Waals surface area contributed by atoms with E-state index < -0.39 is 0 Å². The lowest BCUT2D eigenvalue weighted by Crippen LogP contribution is -2.41. The average Bonchev–Trinajstić information content (AvgIpc) is 3.30. The highest BCUT2D eigenvalue weighted by atomic mass is 127. The molecule has 1 aliphatic heterocycles. The van der Waals surface area contributed by atoms with Crippen LogP contribution in [0.4, 0.5) is 4.79 Å². The third-order valence-corrected chi connectivity index (χ3v) is 3.84. The van der Waals surface area contributed by atoms with Crippen LogP contribution in [0.2, 0.25) is 0 Å². The number of nitrogens with zero attached hydrogens (tertiary/aromatic N) is 3. The van der Waals surface area contributed by atoms with Crippen molar-refractivity contribution >= 4 is 41.9 Å². The van der Waals surface area contributed by atoms with Crippen LogP contribution in [0.1, 0.15) is 19.8 Å². The first-order chi connectivity index (χ1) is 11.1. The number of carbonyl (C=O) groups excluding carboxylic acids is 2. The van der Waals surface area contributed by atoms with Gasteiger partial charge in [0.15, 0.2) is 5.96 Å². The first-order valence-corrected chi connectivity index (χ1v) is 8.27. The maximum Gasteiger partial charge on any atom is 0.324 e. The van der Waals surface area contributed by atoms with Gasteiger partial charge in [0.05, 0.1) is 26.2 Å². The minimum atomic E-state index is -0.336. The number of halogens is 1. The molecule has 2 N–H and O–H groups in total. The number of likely N-dealkylation sites (N-methyl/N-ethyl adjacent to an activating group) is 1. The van der Waals surface area contributed by atoms with E-state index in [1.165, 1.54) is 17.7 Å². The predicted molar refractivity (Wildman–Crippen MR) is 103 cm³/mol. The molecule has 1 aliphatic carbocycles. The van der Waals surface area contributed by atoms with Crippen LogP contribution < -0.4 is 10.6 Å². The first-order valence-electron chi connectivity index (χ1n) is 8.27. The summed E-state index contributed by atoms with van der Waals surface area (Å²) in [7, 11) is 1.95. The molecular formula is C15H28IN5O3. The quantitative estimate of drug-likeness (QED) is 0.175. The fraction of sp³-hybridized carbons (Fsp3) is 0.800. The Hall–Kier alpha value is -1.10. The Morgan fingerprint density at radius 1 is 1.46 bits per heavy atom. The van der Waals surface area contributed by atoms with Crippen molar-refractivity contribution in [3.8, 4) is 0 Å². The van der Waals surface area contributed by atoms with Gasteiger partial charge in [0.1, 0.15) is 0 Å². The minimum absolute atomic E-state index is 0. The molecule has 8 nitrogen and oxygen atoms in total. The molecule has 0 aromatic carbocycles. The number of urea groups is 1. The number of hydrogen-bond acceptors (Lipinski definition) is 4. The number of rotatable bonds is 9. The smallest absolute Gasteiger partial charge is 0.324 e. The third kappa shape index (κ3) is 6.80. The molecule has 9 heteroatoms. The van der Waals surface area contributed by atoms with Gasteiger partial charge in [-0.3, -0.25) is 14.7 Å². The Balaban J connectivity index is 0.00000288. The van der Waals surface area contributed by atoms with Crippen LogP contribution >= 0.6 is 24.0 Å². The zero-order valence-electron chi connectivity index (χ0n) is 14.4. The lowest BCUT2D eigenvalue weighted by molar-refractivity contribution is -0.124. The van der Waals surface area contributed by atoms with Crippen LogP contribution in [0.5, 0.6) is 0 Å². The van der Waals surface area contributed by atoms with E-state index in [2.05, 4.69) is 15.6 Å². The second-order valence-electron chi connectivity index (χ2n) is 5.88. The summed E-state index contributed by atoms with van der Waals surface area (Å²) in [5, 5.41) is 5.71. The molecule has 0 spiro atoms. The number of aliphatic imine (C=N–C) groups is 1. The average molecular weight is 453 g/mol. The number of amides is 3. The molecule has 1 saturated carbocycles. The van der Waals surface area contributed by atoms with Crippen LogP contribution in [-0.4, -0.2) is 80.7 Å². The molecule has 2 fully saturated rings. The highest BCUT2D eigenvalue weighted by Crippen LogP contribution is 2.28. The van der Waals surface area contributed by atoms with Gasteiger partial charge in [0.25, 0.3) is 0 Å². The van der Waals surface area contributed by atoms with Crippen LogP contribution in [0, 0.1) is 5.92 Å². The van der Waals surface area contributed by atoms with Crippen LogP contribution in [-0.2, 0) is 9.53 Å². The molecule has 0 bridgehead atoms. The van der Waals surface area contributed by atoms with E-state index >= 15 is 0 Å². The second-order valence-corrected chi connectivity index (χ2v) is 5.88. The monoisotopic (exact) mass is 453 g/mol. The molecule has 0 unspecified atom stereocenters. The fourth-order valence-electron chi connectivity index (χ4n) is 2.25. The zero-order valence-corrected chi connectivity index (χ0v) is 16.7. The molecule has 2 aliphatic rings. The molecule has 0 aromatic rings. The highest BCUT2D eigenvalue weighted by Gasteiger charge is 2.27. The van der Waals surface area contributed by atoms with Crippen molar-refractivity contribution < 1.29 is 14.3 Å². The van der Waals surface area contributed by atoms with Crippen molar-refractivity contribution in [2.24, 2.45) is 10.9 Å². The molecule has 0 aromatic heterocycles. The topological polar surface area (TPSA) is 86.3 Å². The normalized spacial score (nSPS) is 17.6. The minimum Gasteiger partial charge on any atom is -0.379 e. The Morgan fingerprint density at radius 2 is 2.21 bits per heavy atom. The van der Waals surface area contributed by atoms with Gasteiger partial charge < -0.3 is 20.3 Å². The van der Waals surface area contributed by atoms with E-state index in [0.29, 0.717) is 19.7 Å². The van der Waals surface area contributed by atoms with E-state index in [1.807, 2.05) is 18.9 Å². The van der Waals surface area contributed by atoms with E-state index in [4.69, 9.17) is 4.74 Å². The van der Waals surface area contributed by atoms with Crippen molar-refractivity contribution in [2.45, 2.75) is 19.8 Å². The summed E-state index contributed by atoms with van der Waals surface area (Å²) >= 11 is 0. The van der Waals surface area contributed by atoms with Crippen molar-refractivity contribution in [1.29, 1.82) is 0 Å². The van der Waals surface area contributed by atoms with Crippen LogP contribution in [0.3, 0.4) is 0 Å². The summed E-state index contributed by atoms with van der Waals surface area (Å²) in [5.74, 6) is 1.33. The summed E-state index contributed by atoms with van der Waals surface area (Å²) in [4.78, 5) is 30.6. The SMILES string of the molecule is CCNC(=NCCN1C(=O)CNC1=O)N(C)CCOCC1CC1.I. The largest absolute Gasteiger partial charge is 0.379 e. The molecule has 2 rings (SSSR count). The van der Waals surface area contributed by atoms with Crippen molar-refractivity contribution in [1.82, 2.24) is 20.4 Å². The summed E-state index contributed by atoms with van der Waals surface area (Å²) in [6.45, 7) is 5.81. The fourth-order valence-corrected chi connectivity index (χ4v) is 2.25. The van der Waals surface area contributed by atoms with Gasteiger partial charge >= 0.3 is 6.03 Å². The van der Waals surface area contributed by atoms with Crippen molar-refractivity contribution in [2.75, 3.05) is 53.0 Å². The van der Waals surface area contributed by atoms with Gasteiger partial charge in [-0.2, -0.15) is 0 Å². The van der Waals surface area contributed by atoms with Gasteiger partial charge in [-0.15, -0.1) is 24.0 Å². The highest BCUT2D eigenvalue weighted by molar-refractivity contribution is 14.0. The van der Waals surface area contributed by atoms with Crippen molar-refractivity contribution in [3.63, 3.8) is 0 Å². The Labute approximate surface area is 160 Å². The number of hydrogen-bond donors (Lipinski definition) is 2. The van der Waals surface area contributed by atoms with E-state index in [0.717, 1.165) is 31.6 Å². The molecule has 0 atom stereocenters. The van der Waals surface area contributed by atoms with Gasteiger partial charge in [0, 0.05) is 26.7 Å². The van der Waals surface area contributed by atoms with Crippen LogP contribution in [0.25, 0.3) is 0 Å². The number of imide groups is 1. The number of ether oxygens (including phenoxy) is 1. The molecule has 138 valence electrons. The molecule has 3 amide bonds. The first kappa shape index (κ1) is 20.9.